The Labute approximate surface area is 108 Å². The van der Waals surface area contributed by atoms with Crippen LogP contribution < -0.4 is 5.32 Å². The van der Waals surface area contributed by atoms with Crippen LogP contribution in [0.1, 0.15) is 19.4 Å². The lowest BCUT2D eigenvalue weighted by Crippen LogP contribution is -2.27. The number of nitrogens with zero attached hydrogens (tertiary/aromatic N) is 1. The fourth-order valence-electron chi connectivity index (χ4n) is 1.49. The first-order valence-corrected chi connectivity index (χ1v) is 5.71. The average molecular weight is 276 g/mol. The summed E-state index contributed by atoms with van der Waals surface area (Å²) in [6.45, 7) is 3.65. The van der Waals surface area contributed by atoms with Gasteiger partial charge in [0.2, 0.25) is 0 Å². The molecule has 0 aliphatic carbocycles. The van der Waals surface area contributed by atoms with Crippen molar-refractivity contribution in [2.45, 2.75) is 20.0 Å². The third-order valence-electron chi connectivity index (χ3n) is 2.72. The van der Waals surface area contributed by atoms with Crippen LogP contribution in [-0.4, -0.2) is 22.6 Å². The Morgan fingerprint density at radius 1 is 1.42 bits per heavy atom. The van der Waals surface area contributed by atoms with Gasteiger partial charge in [-0.1, -0.05) is 13.8 Å². The van der Waals surface area contributed by atoms with Crippen molar-refractivity contribution in [3.05, 3.63) is 23.9 Å². The smallest absolute Gasteiger partial charge is 0.417 e. The monoisotopic (exact) mass is 276 g/mol. The first kappa shape index (κ1) is 15.3. The molecule has 1 unspecified atom stereocenters. The van der Waals surface area contributed by atoms with E-state index < -0.39 is 23.6 Å². The lowest BCUT2D eigenvalue weighted by atomic mass is 9.96. The largest absolute Gasteiger partial charge is 0.481 e. The van der Waals surface area contributed by atoms with Gasteiger partial charge in [0, 0.05) is 12.7 Å². The third kappa shape index (κ3) is 4.42. The van der Waals surface area contributed by atoms with E-state index in [-0.39, 0.29) is 18.3 Å². The number of carboxylic acids is 1. The van der Waals surface area contributed by atoms with Crippen LogP contribution >= 0.6 is 0 Å². The highest BCUT2D eigenvalue weighted by Crippen LogP contribution is 2.28. The maximum Gasteiger partial charge on any atom is 0.417 e. The Morgan fingerprint density at radius 3 is 2.42 bits per heavy atom. The lowest BCUT2D eigenvalue weighted by Gasteiger charge is -2.17. The summed E-state index contributed by atoms with van der Waals surface area (Å²) in [4.78, 5) is 14.6. The molecule has 2 N–H and O–H groups in total. The maximum atomic E-state index is 12.3. The zero-order valence-electron chi connectivity index (χ0n) is 10.5. The summed E-state index contributed by atoms with van der Waals surface area (Å²) in [5, 5.41) is 11.7. The standard InChI is InChI=1S/C12H15F3N2O2/c1-7(2)9(11(18)19)6-17-10-4-3-8(5-16-10)12(13,14)15/h3-5,7,9H,6H2,1-2H3,(H,16,17)(H,18,19). The molecule has 4 nitrogen and oxygen atoms in total. The topological polar surface area (TPSA) is 62.2 Å². The molecule has 0 spiro atoms. The molecule has 0 aromatic carbocycles. The van der Waals surface area contributed by atoms with E-state index in [4.69, 9.17) is 5.11 Å². The van der Waals surface area contributed by atoms with Crippen LogP contribution in [-0.2, 0) is 11.0 Å². The van der Waals surface area contributed by atoms with Gasteiger partial charge in [0.15, 0.2) is 0 Å². The molecule has 0 fully saturated rings. The van der Waals surface area contributed by atoms with E-state index in [1.807, 2.05) is 0 Å². The fraction of sp³-hybridized carbons (Fsp3) is 0.500. The number of carboxylic acid groups (broad SMARTS) is 1. The number of halogens is 3. The predicted molar refractivity (Wildman–Crippen MR) is 63.7 cm³/mol. The SMILES string of the molecule is CC(C)C(CNc1ccc(C(F)(F)F)cn1)C(=O)O. The molecular weight excluding hydrogens is 261 g/mol. The van der Waals surface area contributed by atoms with Crippen molar-refractivity contribution in [2.75, 3.05) is 11.9 Å². The van der Waals surface area contributed by atoms with E-state index in [1.54, 1.807) is 13.8 Å². The van der Waals surface area contributed by atoms with Crippen LogP contribution in [0.15, 0.2) is 18.3 Å². The van der Waals surface area contributed by atoms with Gasteiger partial charge >= 0.3 is 12.1 Å². The summed E-state index contributed by atoms with van der Waals surface area (Å²) in [5.41, 5.74) is -0.836. The van der Waals surface area contributed by atoms with E-state index in [0.717, 1.165) is 6.07 Å². The summed E-state index contributed by atoms with van der Waals surface area (Å²) in [7, 11) is 0. The second-order valence-electron chi connectivity index (χ2n) is 4.50. The van der Waals surface area contributed by atoms with Crippen molar-refractivity contribution in [1.82, 2.24) is 4.98 Å². The van der Waals surface area contributed by atoms with Crippen molar-refractivity contribution >= 4 is 11.8 Å². The number of aliphatic carboxylic acids is 1. The number of alkyl halides is 3. The van der Waals surface area contributed by atoms with Crippen molar-refractivity contribution in [3.8, 4) is 0 Å². The van der Waals surface area contributed by atoms with Gasteiger partial charge in [-0.3, -0.25) is 4.79 Å². The highest BCUT2D eigenvalue weighted by atomic mass is 19.4. The lowest BCUT2D eigenvalue weighted by molar-refractivity contribution is -0.142. The first-order chi connectivity index (χ1) is 8.71. The van der Waals surface area contributed by atoms with Gasteiger partial charge in [0.25, 0.3) is 0 Å². The van der Waals surface area contributed by atoms with Gasteiger partial charge in [-0.25, -0.2) is 4.98 Å². The molecule has 7 heteroatoms. The van der Waals surface area contributed by atoms with Gasteiger partial charge in [-0.05, 0) is 18.1 Å². The summed E-state index contributed by atoms with van der Waals surface area (Å²) in [6.07, 6.45) is -3.71. The number of aromatic nitrogens is 1. The maximum absolute atomic E-state index is 12.3. The van der Waals surface area contributed by atoms with Crippen LogP contribution in [0, 0.1) is 11.8 Å². The summed E-state index contributed by atoms with van der Waals surface area (Å²) >= 11 is 0. The Kier molecular flexibility index (Phi) is 4.74. The van der Waals surface area contributed by atoms with E-state index in [0.29, 0.717) is 6.20 Å². The molecule has 0 aliphatic rings. The zero-order valence-corrected chi connectivity index (χ0v) is 10.5. The minimum Gasteiger partial charge on any atom is -0.481 e. The number of pyridine rings is 1. The van der Waals surface area contributed by atoms with E-state index in [1.165, 1.54) is 6.07 Å². The molecule has 0 aliphatic heterocycles. The average Bonchev–Trinajstić information content (AvgIpc) is 2.27. The van der Waals surface area contributed by atoms with Gasteiger partial charge in [0.1, 0.15) is 5.82 Å². The minimum absolute atomic E-state index is 0.0838. The number of rotatable bonds is 5. The second-order valence-corrected chi connectivity index (χ2v) is 4.50. The van der Waals surface area contributed by atoms with Crippen LogP contribution in [0.25, 0.3) is 0 Å². The number of hydrogen-bond donors (Lipinski definition) is 2. The predicted octanol–water partition coefficient (Wildman–Crippen LogP) is 2.87. The van der Waals surface area contributed by atoms with Crippen LogP contribution in [0.3, 0.4) is 0 Å². The van der Waals surface area contributed by atoms with Crippen LogP contribution in [0.2, 0.25) is 0 Å². The Balaban J connectivity index is 2.66. The molecule has 19 heavy (non-hydrogen) atoms. The third-order valence-corrected chi connectivity index (χ3v) is 2.72. The first-order valence-electron chi connectivity index (χ1n) is 5.71. The molecule has 0 saturated carbocycles. The number of anilines is 1. The molecule has 1 atom stereocenters. The Morgan fingerprint density at radius 2 is 2.05 bits per heavy atom. The van der Waals surface area contributed by atoms with Gasteiger partial charge in [-0.2, -0.15) is 13.2 Å². The minimum atomic E-state index is -4.42. The molecule has 0 radical (unpaired) electrons. The molecule has 0 amide bonds. The molecular formula is C12H15F3N2O2. The van der Waals surface area contributed by atoms with Gasteiger partial charge in [0.05, 0.1) is 11.5 Å². The molecule has 0 bridgehead atoms. The fourth-order valence-corrected chi connectivity index (χ4v) is 1.49. The van der Waals surface area contributed by atoms with Gasteiger partial charge < -0.3 is 10.4 Å². The summed E-state index contributed by atoms with van der Waals surface area (Å²) < 4.78 is 36.9. The Bertz CT molecular complexity index is 430. The molecule has 0 saturated heterocycles. The number of nitrogens with one attached hydrogen (secondary N) is 1. The Hall–Kier alpha value is -1.79. The van der Waals surface area contributed by atoms with E-state index in [2.05, 4.69) is 10.3 Å². The summed E-state index contributed by atoms with van der Waals surface area (Å²) in [5.74, 6) is -1.43. The molecule has 1 heterocycles. The van der Waals surface area contributed by atoms with E-state index in [9.17, 15) is 18.0 Å². The highest BCUT2D eigenvalue weighted by Gasteiger charge is 2.30. The number of carbonyl (C=O) groups is 1. The molecule has 106 valence electrons. The number of hydrogen-bond acceptors (Lipinski definition) is 3. The zero-order chi connectivity index (χ0) is 14.6. The van der Waals surface area contributed by atoms with Crippen molar-refractivity contribution < 1.29 is 23.1 Å². The second kappa shape index (κ2) is 5.90. The van der Waals surface area contributed by atoms with Crippen molar-refractivity contribution in [3.63, 3.8) is 0 Å². The van der Waals surface area contributed by atoms with Crippen molar-refractivity contribution in [1.29, 1.82) is 0 Å². The highest BCUT2D eigenvalue weighted by molar-refractivity contribution is 5.71. The van der Waals surface area contributed by atoms with Crippen molar-refractivity contribution in [2.24, 2.45) is 11.8 Å². The molecule has 1 aromatic rings. The molecule has 1 rings (SSSR count). The van der Waals surface area contributed by atoms with Crippen LogP contribution in [0.5, 0.6) is 0 Å². The molecule has 1 aromatic heterocycles. The van der Waals surface area contributed by atoms with Gasteiger partial charge in [-0.15, -0.1) is 0 Å². The quantitative estimate of drug-likeness (QED) is 0.868. The van der Waals surface area contributed by atoms with E-state index >= 15 is 0 Å². The summed E-state index contributed by atoms with van der Waals surface area (Å²) in [6, 6.07) is 2.09. The normalized spacial score (nSPS) is 13.4. The van der Waals surface area contributed by atoms with Crippen LogP contribution in [0.4, 0.5) is 19.0 Å².